The minimum atomic E-state index is 0.0594. The molecule has 20 heavy (non-hydrogen) atoms. The molecule has 1 aliphatic rings. The molecular formula is C13H18ClN5O. The Bertz CT molecular complexity index is 653. The Morgan fingerprint density at radius 3 is 2.90 bits per heavy atom. The molecule has 7 heteroatoms. The quantitative estimate of drug-likeness (QED) is 0.880. The van der Waals surface area contributed by atoms with Crippen LogP contribution in [0.4, 0.5) is 5.82 Å². The second-order valence-corrected chi connectivity index (χ2v) is 6.18. The Morgan fingerprint density at radius 2 is 2.25 bits per heavy atom. The Labute approximate surface area is 122 Å². The third kappa shape index (κ3) is 1.86. The Balaban J connectivity index is 1.96. The summed E-state index contributed by atoms with van der Waals surface area (Å²) in [5.41, 5.74) is 0.936. The topological polar surface area (TPSA) is 64.3 Å². The van der Waals surface area contributed by atoms with Crippen LogP contribution in [0.15, 0.2) is 6.33 Å². The van der Waals surface area contributed by atoms with E-state index in [1.165, 1.54) is 6.33 Å². The molecule has 1 aliphatic carbocycles. The molecule has 2 aromatic heterocycles. The molecule has 2 unspecified atom stereocenters. The van der Waals surface area contributed by atoms with Crippen molar-refractivity contribution in [2.75, 3.05) is 12.4 Å². The van der Waals surface area contributed by atoms with Gasteiger partial charge in [0.2, 0.25) is 0 Å². The molecule has 108 valence electrons. The van der Waals surface area contributed by atoms with Crippen molar-refractivity contribution in [2.24, 2.45) is 5.41 Å². The molecule has 2 atom stereocenters. The second-order valence-electron chi connectivity index (χ2n) is 5.83. The summed E-state index contributed by atoms with van der Waals surface area (Å²) in [6.45, 7) is 6.32. The maximum Gasteiger partial charge on any atom is 0.255 e. The van der Waals surface area contributed by atoms with Crippen molar-refractivity contribution < 1.29 is 4.74 Å². The molecule has 0 radical (unpaired) electrons. The molecule has 0 aliphatic heterocycles. The van der Waals surface area contributed by atoms with E-state index >= 15 is 0 Å². The normalized spacial score (nSPS) is 24.6. The fourth-order valence-corrected chi connectivity index (χ4v) is 2.93. The van der Waals surface area contributed by atoms with E-state index in [-0.39, 0.29) is 11.5 Å². The van der Waals surface area contributed by atoms with Crippen LogP contribution < -0.4 is 5.32 Å². The van der Waals surface area contributed by atoms with Gasteiger partial charge in [0.05, 0.1) is 6.10 Å². The van der Waals surface area contributed by atoms with Crippen molar-refractivity contribution in [2.45, 2.75) is 39.3 Å². The highest BCUT2D eigenvalue weighted by Gasteiger charge is 2.49. The lowest BCUT2D eigenvalue weighted by Crippen LogP contribution is -2.58. The van der Waals surface area contributed by atoms with E-state index in [9.17, 15) is 0 Å². The third-order valence-electron chi connectivity index (χ3n) is 4.38. The van der Waals surface area contributed by atoms with Crippen molar-refractivity contribution in [1.82, 2.24) is 19.6 Å². The number of fused-ring (bicyclic) bond motifs is 1. The molecule has 0 bridgehead atoms. The zero-order chi connectivity index (χ0) is 14.5. The van der Waals surface area contributed by atoms with Gasteiger partial charge in [0.25, 0.3) is 5.78 Å². The lowest BCUT2D eigenvalue weighted by atomic mass is 9.64. The summed E-state index contributed by atoms with van der Waals surface area (Å²) < 4.78 is 7.17. The Hall–Kier alpha value is -1.40. The Morgan fingerprint density at radius 1 is 1.50 bits per heavy atom. The number of anilines is 1. The number of nitrogens with one attached hydrogen (secondary N) is 1. The van der Waals surface area contributed by atoms with Crippen LogP contribution in [-0.2, 0) is 4.74 Å². The summed E-state index contributed by atoms with van der Waals surface area (Å²) in [6.07, 6.45) is 2.70. The first-order chi connectivity index (χ1) is 9.45. The van der Waals surface area contributed by atoms with Crippen molar-refractivity contribution in [3.05, 3.63) is 17.0 Å². The van der Waals surface area contributed by atoms with Crippen molar-refractivity contribution in [3.8, 4) is 0 Å². The van der Waals surface area contributed by atoms with Crippen LogP contribution in [0.25, 0.3) is 5.78 Å². The summed E-state index contributed by atoms with van der Waals surface area (Å²) in [7, 11) is 1.76. The number of hydrogen-bond acceptors (Lipinski definition) is 5. The van der Waals surface area contributed by atoms with Crippen LogP contribution in [0.3, 0.4) is 0 Å². The first kappa shape index (κ1) is 13.6. The monoisotopic (exact) mass is 295 g/mol. The molecule has 2 aromatic rings. The Kier molecular flexibility index (Phi) is 3.10. The molecule has 3 rings (SSSR count). The molecule has 0 saturated heterocycles. The summed E-state index contributed by atoms with van der Waals surface area (Å²) in [5.74, 6) is 1.36. The molecular weight excluding hydrogens is 278 g/mol. The highest BCUT2D eigenvalue weighted by molar-refractivity contribution is 6.30. The van der Waals surface area contributed by atoms with Gasteiger partial charge in [-0.05, 0) is 13.3 Å². The highest BCUT2D eigenvalue weighted by Crippen LogP contribution is 2.44. The summed E-state index contributed by atoms with van der Waals surface area (Å²) in [4.78, 5) is 8.30. The number of rotatable bonds is 3. The average molecular weight is 296 g/mol. The molecule has 1 N–H and O–H groups in total. The number of halogens is 1. The van der Waals surface area contributed by atoms with E-state index in [2.05, 4.69) is 34.2 Å². The van der Waals surface area contributed by atoms with E-state index in [1.54, 1.807) is 11.6 Å². The van der Waals surface area contributed by atoms with Crippen molar-refractivity contribution >= 4 is 23.2 Å². The lowest BCUT2D eigenvalue weighted by Gasteiger charge is -2.51. The van der Waals surface area contributed by atoms with E-state index in [0.717, 1.165) is 17.8 Å². The largest absolute Gasteiger partial charge is 0.381 e. The summed E-state index contributed by atoms with van der Waals surface area (Å²) in [5, 5.41) is 8.19. The van der Waals surface area contributed by atoms with Gasteiger partial charge < -0.3 is 10.1 Å². The maximum atomic E-state index is 6.16. The summed E-state index contributed by atoms with van der Waals surface area (Å²) in [6, 6.07) is 0.303. The second kappa shape index (κ2) is 4.56. The number of ether oxygens (including phenoxy) is 1. The van der Waals surface area contributed by atoms with Gasteiger partial charge in [-0.3, -0.25) is 0 Å². The number of aromatic nitrogens is 4. The van der Waals surface area contributed by atoms with Gasteiger partial charge in [-0.2, -0.15) is 19.6 Å². The minimum Gasteiger partial charge on any atom is -0.381 e. The predicted molar refractivity (Wildman–Crippen MR) is 77.1 cm³/mol. The lowest BCUT2D eigenvalue weighted by molar-refractivity contribution is -0.0796. The van der Waals surface area contributed by atoms with Crippen LogP contribution in [0.1, 0.15) is 25.8 Å². The van der Waals surface area contributed by atoms with Crippen molar-refractivity contribution in [1.29, 1.82) is 0 Å². The number of methoxy groups -OCH3 is 1. The predicted octanol–water partition coefficient (Wildman–Crippen LogP) is 2.31. The highest BCUT2D eigenvalue weighted by atomic mass is 35.5. The fourth-order valence-electron chi connectivity index (χ4n) is 2.76. The summed E-state index contributed by atoms with van der Waals surface area (Å²) >= 11 is 6.16. The fraction of sp³-hybridized carbons (Fsp3) is 0.615. The first-order valence-electron chi connectivity index (χ1n) is 6.60. The van der Waals surface area contributed by atoms with Gasteiger partial charge in [-0.25, -0.2) is 0 Å². The van der Waals surface area contributed by atoms with Crippen LogP contribution in [0.2, 0.25) is 5.15 Å². The zero-order valence-corrected chi connectivity index (χ0v) is 12.8. The maximum absolute atomic E-state index is 6.16. The molecule has 1 fully saturated rings. The molecule has 0 aromatic carbocycles. The van der Waals surface area contributed by atoms with Gasteiger partial charge in [-0.15, -0.1) is 0 Å². The average Bonchev–Trinajstić information content (AvgIpc) is 2.85. The number of nitrogens with zero attached hydrogens (tertiary/aromatic N) is 4. The van der Waals surface area contributed by atoms with E-state index < -0.39 is 0 Å². The molecule has 6 nitrogen and oxygen atoms in total. The van der Waals surface area contributed by atoms with E-state index in [1.807, 2.05) is 6.92 Å². The number of hydrogen-bond donors (Lipinski definition) is 1. The van der Waals surface area contributed by atoms with Gasteiger partial charge in [0.15, 0.2) is 0 Å². The minimum absolute atomic E-state index is 0.0594. The zero-order valence-electron chi connectivity index (χ0n) is 12.0. The van der Waals surface area contributed by atoms with Crippen LogP contribution >= 0.6 is 11.6 Å². The standard InChI is InChI=1S/C13H18ClN5O/c1-7-10(14)18-12-15-6-16-19(12)11(7)17-8-5-9(20-4)13(8,2)3/h6,8-9,17H,5H2,1-4H3. The first-order valence-corrected chi connectivity index (χ1v) is 6.98. The molecule has 0 amide bonds. The molecule has 1 saturated carbocycles. The molecule has 0 spiro atoms. The van der Waals surface area contributed by atoms with Crippen molar-refractivity contribution in [3.63, 3.8) is 0 Å². The van der Waals surface area contributed by atoms with Crippen LogP contribution in [0, 0.1) is 12.3 Å². The smallest absolute Gasteiger partial charge is 0.255 e. The van der Waals surface area contributed by atoms with Gasteiger partial charge in [-0.1, -0.05) is 25.4 Å². The SMILES string of the molecule is COC1CC(Nc2c(C)c(Cl)nc3ncnn23)C1(C)C. The molecule has 2 heterocycles. The van der Waals surface area contributed by atoms with Gasteiger partial charge in [0.1, 0.15) is 17.3 Å². The third-order valence-corrected chi connectivity index (χ3v) is 4.75. The van der Waals surface area contributed by atoms with E-state index in [0.29, 0.717) is 17.0 Å². The van der Waals surface area contributed by atoms with Gasteiger partial charge in [0, 0.05) is 24.1 Å². The van der Waals surface area contributed by atoms with Gasteiger partial charge >= 0.3 is 0 Å². The van der Waals surface area contributed by atoms with Crippen LogP contribution in [0.5, 0.6) is 0 Å². The van der Waals surface area contributed by atoms with E-state index in [4.69, 9.17) is 16.3 Å². The van der Waals surface area contributed by atoms with Crippen LogP contribution in [-0.4, -0.2) is 38.8 Å².